The quantitative estimate of drug-likeness (QED) is 0.754. The molecule has 1 atom stereocenters. The Balaban J connectivity index is 1.85. The normalized spacial score (nSPS) is 16.6. The van der Waals surface area contributed by atoms with Gasteiger partial charge in [-0.25, -0.2) is 4.68 Å². The molecule has 7 nitrogen and oxygen atoms in total. The maximum atomic E-state index is 12.8. The van der Waals surface area contributed by atoms with Crippen LogP contribution in [0.3, 0.4) is 0 Å². The minimum atomic E-state index is -0.351. The molecule has 1 aliphatic heterocycles. The Morgan fingerprint density at radius 3 is 2.85 bits per heavy atom. The van der Waals surface area contributed by atoms with Crippen molar-refractivity contribution in [2.24, 2.45) is 0 Å². The SMILES string of the molecule is CCn1ncc(C(=O)c2ccc(Cl)c(OC[C@H]3CCC(=O)N3)c2C)c1O. The molecule has 138 valence electrons. The maximum Gasteiger partial charge on any atom is 0.220 e. The molecule has 1 aliphatic rings. The molecule has 1 saturated heterocycles. The molecule has 0 radical (unpaired) electrons. The third kappa shape index (κ3) is 3.39. The molecular weight excluding hydrogens is 358 g/mol. The van der Waals surface area contributed by atoms with Gasteiger partial charge in [0.2, 0.25) is 11.8 Å². The highest BCUT2D eigenvalue weighted by molar-refractivity contribution is 6.32. The lowest BCUT2D eigenvalue weighted by Gasteiger charge is -2.16. The van der Waals surface area contributed by atoms with Crippen molar-refractivity contribution in [2.45, 2.75) is 39.3 Å². The number of ketones is 1. The van der Waals surface area contributed by atoms with Crippen LogP contribution in [-0.4, -0.2) is 39.2 Å². The molecule has 26 heavy (non-hydrogen) atoms. The highest BCUT2D eigenvalue weighted by Gasteiger charge is 2.24. The van der Waals surface area contributed by atoms with Gasteiger partial charge in [-0.3, -0.25) is 9.59 Å². The van der Waals surface area contributed by atoms with Crippen LogP contribution < -0.4 is 10.1 Å². The molecule has 1 aromatic heterocycles. The minimum absolute atomic E-state index is 0.00811. The Kier molecular flexibility index (Phi) is 5.18. The first-order valence-corrected chi connectivity index (χ1v) is 8.80. The zero-order valence-electron chi connectivity index (χ0n) is 14.6. The lowest BCUT2D eigenvalue weighted by Crippen LogP contribution is -2.31. The van der Waals surface area contributed by atoms with Crippen LogP contribution in [0, 0.1) is 6.92 Å². The van der Waals surface area contributed by atoms with Gasteiger partial charge in [0.25, 0.3) is 0 Å². The zero-order chi connectivity index (χ0) is 18.8. The summed E-state index contributed by atoms with van der Waals surface area (Å²) in [5.41, 5.74) is 1.09. The first-order chi connectivity index (χ1) is 12.4. The van der Waals surface area contributed by atoms with Gasteiger partial charge < -0.3 is 15.2 Å². The van der Waals surface area contributed by atoms with Crippen LogP contribution in [0.25, 0.3) is 0 Å². The van der Waals surface area contributed by atoms with Crippen LogP contribution in [0.1, 0.15) is 41.3 Å². The van der Waals surface area contributed by atoms with E-state index >= 15 is 0 Å². The van der Waals surface area contributed by atoms with Crippen molar-refractivity contribution in [3.05, 3.63) is 40.0 Å². The van der Waals surface area contributed by atoms with Crippen molar-refractivity contribution in [2.75, 3.05) is 6.61 Å². The average Bonchev–Trinajstić information content (AvgIpc) is 3.19. The van der Waals surface area contributed by atoms with E-state index < -0.39 is 0 Å². The molecule has 3 rings (SSSR count). The lowest BCUT2D eigenvalue weighted by molar-refractivity contribution is -0.119. The molecule has 1 aromatic carbocycles. The number of benzene rings is 1. The largest absolute Gasteiger partial charge is 0.493 e. The topological polar surface area (TPSA) is 93.5 Å². The Hall–Kier alpha value is -2.54. The smallest absolute Gasteiger partial charge is 0.220 e. The Morgan fingerprint density at radius 2 is 2.23 bits per heavy atom. The summed E-state index contributed by atoms with van der Waals surface area (Å²) in [4.78, 5) is 24.1. The molecule has 0 saturated carbocycles. The fourth-order valence-corrected chi connectivity index (χ4v) is 3.24. The molecule has 0 spiro atoms. The number of halogens is 1. The molecule has 0 unspecified atom stereocenters. The lowest BCUT2D eigenvalue weighted by atomic mass is 10.00. The summed E-state index contributed by atoms with van der Waals surface area (Å²) in [5, 5.41) is 17.3. The highest BCUT2D eigenvalue weighted by atomic mass is 35.5. The van der Waals surface area contributed by atoms with Crippen molar-refractivity contribution in [1.82, 2.24) is 15.1 Å². The van der Waals surface area contributed by atoms with E-state index in [0.29, 0.717) is 41.3 Å². The molecule has 0 aliphatic carbocycles. The Labute approximate surface area is 155 Å². The van der Waals surface area contributed by atoms with Gasteiger partial charge in [-0.05, 0) is 32.4 Å². The van der Waals surface area contributed by atoms with Gasteiger partial charge in [-0.15, -0.1) is 0 Å². The van der Waals surface area contributed by atoms with Crippen molar-refractivity contribution in [1.29, 1.82) is 0 Å². The van der Waals surface area contributed by atoms with E-state index in [1.807, 2.05) is 6.92 Å². The molecular formula is C18H20ClN3O4. The van der Waals surface area contributed by atoms with Crippen LogP contribution in [0.4, 0.5) is 0 Å². The van der Waals surface area contributed by atoms with Crippen molar-refractivity contribution in [3.63, 3.8) is 0 Å². The summed E-state index contributed by atoms with van der Waals surface area (Å²) in [7, 11) is 0. The summed E-state index contributed by atoms with van der Waals surface area (Å²) in [6.45, 7) is 4.30. The maximum absolute atomic E-state index is 12.8. The molecule has 2 heterocycles. The minimum Gasteiger partial charge on any atom is -0.493 e. The number of aromatic hydroxyl groups is 1. The third-order valence-corrected chi connectivity index (χ3v) is 4.77. The van der Waals surface area contributed by atoms with Gasteiger partial charge in [0, 0.05) is 24.1 Å². The zero-order valence-corrected chi connectivity index (χ0v) is 15.3. The number of hydrogen-bond donors (Lipinski definition) is 2. The summed E-state index contributed by atoms with van der Waals surface area (Å²) >= 11 is 6.23. The number of carbonyl (C=O) groups is 2. The number of aromatic nitrogens is 2. The first kappa shape index (κ1) is 18.3. The number of nitrogens with zero attached hydrogens (tertiary/aromatic N) is 2. The van der Waals surface area contributed by atoms with Gasteiger partial charge in [0.05, 0.1) is 17.3 Å². The standard InChI is InChI=1S/C18H20ClN3O4/c1-3-22-18(25)13(8-20-22)16(24)12-5-6-14(19)17(10(12)2)26-9-11-4-7-15(23)21-11/h5-6,8,11,25H,3-4,7,9H2,1-2H3,(H,21,23)/t11-/m1/s1. The average molecular weight is 378 g/mol. The van der Waals surface area contributed by atoms with Crippen LogP contribution >= 0.6 is 11.6 Å². The highest BCUT2D eigenvalue weighted by Crippen LogP contribution is 2.33. The first-order valence-electron chi connectivity index (χ1n) is 8.43. The van der Waals surface area contributed by atoms with E-state index in [4.69, 9.17) is 16.3 Å². The van der Waals surface area contributed by atoms with Crippen molar-refractivity contribution < 1.29 is 19.4 Å². The number of carbonyl (C=O) groups excluding carboxylic acids is 2. The summed E-state index contributed by atoms with van der Waals surface area (Å²) in [6.07, 6.45) is 2.54. The second-order valence-electron chi connectivity index (χ2n) is 6.19. The van der Waals surface area contributed by atoms with Gasteiger partial charge in [0.15, 0.2) is 5.78 Å². The number of hydrogen-bond acceptors (Lipinski definition) is 5. The molecule has 1 amide bonds. The van der Waals surface area contributed by atoms with Crippen molar-refractivity contribution >= 4 is 23.3 Å². The fourth-order valence-electron chi connectivity index (χ4n) is 2.98. The van der Waals surface area contributed by atoms with E-state index in [2.05, 4.69) is 10.4 Å². The van der Waals surface area contributed by atoms with Crippen LogP contribution in [0.2, 0.25) is 5.02 Å². The van der Waals surface area contributed by atoms with E-state index in [9.17, 15) is 14.7 Å². The molecule has 1 fully saturated rings. The van der Waals surface area contributed by atoms with Gasteiger partial charge in [-0.1, -0.05) is 11.6 Å². The van der Waals surface area contributed by atoms with Crippen LogP contribution in [-0.2, 0) is 11.3 Å². The third-order valence-electron chi connectivity index (χ3n) is 4.47. The fraction of sp³-hybridized carbons (Fsp3) is 0.389. The Bertz CT molecular complexity index is 862. The number of rotatable bonds is 6. The molecule has 8 heteroatoms. The summed E-state index contributed by atoms with van der Waals surface area (Å²) in [5.74, 6) is -0.104. The Morgan fingerprint density at radius 1 is 1.46 bits per heavy atom. The van der Waals surface area contributed by atoms with Crippen molar-refractivity contribution in [3.8, 4) is 11.6 Å². The van der Waals surface area contributed by atoms with E-state index in [1.54, 1.807) is 19.1 Å². The number of ether oxygens (including phenoxy) is 1. The number of aryl methyl sites for hydroxylation is 1. The van der Waals surface area contributed by atoms with Crippen LogP contribution in [0.15, 0.2) is 18.3 Å². The van der Waals surface area contributed by atoms with Gasteiger partial charge in [-0.2, -0.15) is 5.10 Å². The second-order valence-corrected chi connectivity index (χ2v) is 6.60. The number of nitrogens with one attached hydrogen (secondary N) is 1. The van der Waals surface area contributed by atoms with E-state index in [1.165, 1.54) is 10.9 Å². The predicted octanol–water partition coefficient (Wildman–Crippen LogP) is 2.46. The van der Waals surface area contributed by atoms with Gasteiger partial charge >= 0.3 is 0 Å². The predicted molar refractivity (Wildman–Crippen MR) is 95.8 cm³/mol. The van der Waals surface area contributed by atoms with E-state index in [0.717, 1.165) is 0 Å². The van der Waals surface area contributed by atoms with Crippen LogP contribution in [0.5, 0.6) is 11.6 Å². The van der Waals surface area contributed by atoms with E-state index in [-0.39, 0.29) is 35.8 Å². The number of amides is 1. The monoisotopic (exact) mass is 377 g/mol. The second kappa shape index (κ2) is 7.37. The molecule has 2 N–H and O–H groups in total. The summed E-state index contributed by atoms with van der Waals surface area (Å²) in [6, 6.07) is 3.13. The summed E-state index contributed by atoms with van der Waals surface area (Å²) < 4.78 is 7.15. The molecule has 0 bridgehead atoms. The molecule has 2 aromatic rings. The van der Waals surface area contributed by atoms with Gasteiger partial charge in [0.1, 0.15) is 17.9 Å².